The Hall–Kier alpha value is -0.990. The Bertz CT molecular complexity index is 788. The maximum absolute atomic E-state index is 12.7. The molecule has 1 amide bonds. The minimum atomic E-state index is -0.624. The second-order valence-corrected chi connectivity index (χ2v) is 9.58. The van der Waals surface area contributed by atoms with E-state index in [1.165, 1.54) is 0 Å². The lowest BCUT2D eigenvalue weighted by Crippen LogP contribution is -2.57. The molecule has 6 atom stereocenters. The van der Waals surface area contributed by atoms with Crippen molar-refractivity contribution in [3.05, 3.63) is 21.7 Å². The van der Waals surface area contributed by atoms with Crippen LogP contribution in [0.1, 0.15) is 37.3 Å². The van der Waals surface area contributed by atoms with Gasteiger partial charge in [-0.25, -0.2) is 4.79 Å². The molecule has 1 fully saturated rings. The van der Waals surface area contributed by atoms with Crippen molar-refractivity contribution in [2.45, 2.75) is 55.7 Å². The number of alkyl halides is 1. The summed E-state index contributed by atoms with van der Waals surface area (Å²) in [4.78, 5) is 14.4. The maximum atomic E-state index is 12.7. The van der Waals surface area contributed by atoms with Gasteiger partial charge in [-0.1, -0.05) is 31.9 Å². The van der Waals surface area contributed by atoms with Crippen LogP contribution in [0.4, 0.5) is 4.79 Å². The summed E-state index contributed by atoms with van der Waals surface area (Å²) in [6, 6.07) is 1.90. The number of halogens is 2. The fraction of sp³-hybridized carbons (Fsp3) is 0.650. The first-order valence-corrected chi connectivity index (χ1v) is 11.4. The van der Waals surface area contributed by atoms with Gasteiger partial charge in [-0.15, -0.1) is 0 Å². The first-order valence-electron chi connectivity index (χ1n) is 9.74. The molecule has 1 aromatic carbocycles. The van der Waals surface area contributed by atoms with E-state index in [9.17, 15) is 9.90 Å². The molecule has 1 aromatic rings. The lowest BCUT2D eigenvalue weighted by Gasteiger charge is -2.48. The zero-order valence-electron chi connectivity index (χ0n) is 16.2. The molecule has 0 bridgehead atoms. The molecule has 1 saturated carbocycles. The van der Waals surface area contributed by atoms with Crippen molar-refractivity contribution in [3.8, 4) is 11.5 Å². The largest absolute Gasteiger partial charge is 0.493 e. The second-order valence-electron chi connectivity index (χ2n) is 7.55. The standard InChI is InChI=1S/C20H25Br2NO5/c1-4-23(20(25)27-5-2)13-7-9-11(21)8-14(26-3)18-15(9)16-10(13)6-12(22)17(24)19(16)28-18/h8,10,12-13,16-17,19,24H,4-7H2,1-3H3/t10-,12+,13+,16?,17-,19+/m0/s1. The fourth-order valence-corrected chi connectivity index (χ4v) is 6.48. The van der Waals surface area contributed by atoms with Crippen molar-refractivity contribution in [1.29, 1.82) is 0 Å². The van der Waals surface area contributed by atoms with E-state index in [1.807, 2.05) is 24.8 Å². The molecule has 0 saturated heterocycles. The Morgan fingerprint density at radius 3 is 2.82 bits per heavy atom. The molecule has 1 N–H and O–H groups in total. The summed E-state index contributed by atoms with van der Waals surface area (Å²) in [5.41, 5.74) is 2.25. The number of benzene rings is 1. The molecule has 3 aliphatic rings. The Labute approximate surface area is 181 Å². The highest BCUT2D eigenvalue weighted by Gasteiger charge is 2.57. The summed E-state index contributed by atoms with van der Waals surface area (Å²) in [6.45, 7) is 4.73. The van der Waals surface area contributed by atoms with Crippen LogP contribution in [-0.4, -0.2) is 59.4 Å². The van der Waals surface area contributed by atoms with Crippen LogP contribution in [0.2, 0.25) is 0 Å². The van der Waals surface area contributed by atoms with Crippen LogP contribution in [0.15, 0.2) is 10.5 Å². The van der Waals surface area contributed by atoms with Crippen LogP contribution in [0.5, 0.6) is 11.5 Å². The van der Waals surface area contributed by atoms with Gasteiger partial charge in [0.2, 0.25) is 0 Å². The first kappa shape index (κ1) is 20.3. The van der Waals surface area contributed by atoms with E-state index in [2.05, 4.69) is 31.9 Å². The highest BCUT2D eigenvalue weighted by molar-refractivity contribution is 9.10. The number of aliphatic hydroxyl groups is 1. The Kier molecular flexibility index (Phi) is 5.57. The number of methoxy groups -OCH3 is 1. The van der Waals surface area contributed by atoms with E-state index in [1.54, 1.807) is 7.11 Å². The molecular formula is C20H25Br2NO5. The number of nitrogens with zero attached hydrogens (tertiary/aromatic N) is 1. The number of hydrogen-bond acceptors (Lipinski definition) is 5. The van der Waals surface area contributed by atoms with Crippen molar-refractivity contribution in [3.63, 3.8) is 0 Å². The number of carbonyl (C=O) groups is 1. The number of carbonyl (C=O) groups excluding carboxylic acids is 1. The molecule has 8 heteroatoms. The molecule has 0 aromatic heterocycles. The number of amides is 1. The summed E-state index contributed by atoms with van der Waals surface area (Å²) in [5.74, 6) is 1.59. The zero-order valence-corrected chi connectivity index (χ0v) is 19.3. The van der Waals surface area contributed by atoms with Gasteiger partial charge in [-0.3, -0.25) is 0 Å². The molecule has 1 aliphatic heterocycles. The normalized spacial score (nSPS) is 32.4. The van der Waals surface area contributed by atoms with Gasteiger partial charge in [0.05, 0.1) is 13.7 Å². The summed E-state index contributed by atoms with van der Waals surface area (Å²) in [7, 11) is 1.63. The quantitative estimate of drug-likeness (QED) is 0.613. The van der Waals surface area contributed by atoms with Gasteiger partial charge in [0.15, 0.2) is 11.5 Å². The molecule has 2 aliphatic carbocycles. The van der Waals surface area contributed by atoms with Gasteiger partial charge < -0.3 is 24.2 Å². The third kappa shape index (κ3) is 2.94. The SMILES string of the molecule is CCOC(=O)N(CC)[C@@H]1Cc2c(Br)cc(OC)c3c2C2[C@H]1C[C@@H](Br)[C@H](O)[C@@H]2O3. The lowest BCUT2D eigenvalue weighted by molar-refractivity contribution is -0.0261. The smallest absolute Gasteiger partial charge is 0.410 e. The van der Waals surface area contributed by atoms with E-state index in [0.717, 1.165) is 27.8 Å². The second kappa shape index (κ2) is 7.69. The molecule has 154 valence electrons. The van der Waals surface area contributed by atoms with E-state index < -0.39 is 6.10 Å². The number of rotatable bonds is 4. The van der Waals surface area contributed by atoms with Crippen molar-refractivity contribution >= 4 is 38.0 Å². The van der Waals surface area contributed by atoms with Gasteiger partial charge in [0.1, 0.15) is 12.2 Å². The van der Waals surface area contributed by atoms with Gasteiger partial charge in [-0.2, -0.15) is 0 Å². The molecule has 0 spiro atoms. The molecule has 1 unspecified atom stereocenters. The van der Waals surface area contributed by atoms with Crippen LogP contribution >= 0.6 is 31.9 Å². The topological polar surface area (TPSA) is 68.2 Å². The average molecular weight is 519 g/mol. The van der Waals surface area contributed by atoms with Crippen LogP contribution in [-0.2, 0) is 11.2 Å². The van der Waals surface area contributed by atoms with E-state index in [-0.39, 0.29) is 34.9 Å². The minimum absolute atomic E-state index is 0.0161. The molecule has 6 nitrogen and oxygen atoms in total. The monoisotopic (exact) mass is 517 g/mol. The summed E-state index contributed by atoms with van der Waals surface area (Å²) >= 11 is 7.34. The van der Waals surface area contributed by atoms with Crippen LogP contribution in [0.3, 0.4) is 0 Å². The number of hydrogen-bond donors (Lipinski definition) is 1. The van der Waals surface area contributed by atoms with Crippen molar-refractivity contribution in [2.24, 2.45) is 5.92 Å². The van der Waals surface area contributed by atoms with Gasteiger partial charge >= 0.3 is 6.09 Å². The highest BCUT2D eigenvalue weighted by Crippen LogP contribution is 2.59. The van der Waals surface area contributed by atoms with Crippen molar-refractivity contribution < 1.29 is 24.1 Å². The van der Waals surface area contributed by atoms with Crippen molar-refractivity contribution in [2.75, 3.05) is 20.3 Å². The Morgan fingerprint density at radius 2 is 2.18 bits per heavy atom. The highest BCUT2D eigenvalue weighted by atomic mass is 79.9. The average Bonchev–Trinajstić information content (AvgIpc) is 3.07. The van der Waals surface area contributed by atoms with Crippen molar-refractivity contribution in [1.82, 2.24) is 4.90 Å². The molecule has 28 heavy (non-hydrogen) atoms. The maximum Gasteiger partial charge on any atom is 0.410 e. The Morgan fingerprint density at radius 1 is 1.43 bits per heavy atom. The third-order valence-corrected chi connectivity index (χ3v) is 7.94. The van der Waals surface area contributed by atoms with Gasteiger partial charge in [0.25, 0.3) is 0 Å². The van der Waals surface area contributed by atoms with E-state index in [0.29, 0.717) is 25.3 Å². The number of aliphatic hydroxyl groups excluding tert-OH is 1. The molecular weight excluding hydrogens is 494 g/mol. The molecule has 0 radical (unpaired) electrons. The predicted octanol–water partition coefficient (Wildman–Crippen LogP) is 3.85. The first-order chi connectivity index (χ1) is 13.4. The zero-order chi connectivity index (χ0) is 20.2. The third-order valence-electron chi connectivity index (χ3n) is 6.32. The Balaban J connectivity index is 1.84. The van der Waals surface area contributed by atoms with Crippen LogP contribution < -0.4 is 9.47 Å². The summed E-state index contributed by atoms with van der Waals surface area (Å²) in [5, 5.41) is 10.8. The molecule has 1 heterocycles. The molecule has 4 rings (SSSR count). The van der Waals surface area contributed by atoms with Crippen LogP contribution in [0, 0.1) is 5.92 Å². The minimum Gasteiger partial charge on any atom is -0.493 e. The fourth-order valence-electron chi connectivity index (χ4n) is 5.17. The number of ether oxygens (including phenoxy) is 3. The van der Waals surface area contributed by atoms with E-state index in [4.69, 9.17) is 14.2 Å². The van der Waals surface area contributed by atoms with Gasteiger partial charge in [-0.05, 0) is 44.2 Å². The lowest BCUT2D eigenvalue weighted by atomic mass is 9.64. The predicted molar refractivity (Wildman–Crippen MR) is 112 cm³/mol. The summed E-state index contributed by atoms with van der Waals surface area (Å²) in [6.07, 6.45) is 0.216. The number of likely N-dealkylation sites (N-methyl/N-ethyl adjacent to an activating group) is 1. The van der Waals surface area contributed by atoms with E-state index >= 15 is 0 Å². The summed E-state index contributed by atoms with van der Waals surface area (Å²) < 4.78 is 18.1. The van der Waals surface area contributed by atoms with Crippen LogP contribution in [0.25, 0.3) is 0 Å². The van der Waals surface area contributed by atoms with Gasteiger partial charge in [0, 0.05) is 33.4 Å².